The maximum atomic E-state index is 14.1. The Hall–Kier alpha value is -3.66. The molecule has 184 valence electrons. The van der Waals surface area contributed by atoms with E-state index in [9.17, 15) is 28.7 Å². The summed E-state index contributed by atoms with van der Waals surface area (Å²) in [6.07, 6.45) is 0.486. The summed E-state index contributed by atoms with van der Waals surface area (Å²) in [5, 5.41) is 11.6. The van der Waals surface area contributed by atoms with Gasteiger partial charge in [0.25, 0.3) is 0 Å². The van der Waals surface area contributed by atoms with E-state index < -0.39 is 28.9 Å². The summed E-state index contributed by atoms with van der Waals surface area (Å²) in [7, 11) is 1.30. The average molecular weight is 501 g/mol. The van der Waals surface area contributed by atoms with E-state index in [-0.39, 0.29) is 28.9 Å². The normalized spacial score (nSPS) is 12.7. The van der Waals surface area contributed by atoms with Crippen LogP contribution in [-0.4, -0.2) is 51.0 Å². The molecule has 0 aliphatic carbocycles. The highest BCUT2D eigenvalue weighted by Crippen LogP contribution is 2.25. The van der Waals surface area contributed by atoms with Gasteiger partial charge < -0.3 is 15.2 Å². The van der Waals surface area contributed by atoms with Crippen molar-refractivity contribution >= 4 is 45.6 Å². The van der Waals surface area contributed by atoms with Gasteiger partial charge in [-0.1, -0.05) is 30.0 Å². The molecule has 2 aromatic carbocycles. The molecule has 0 radical (unpaired) electrons. The summed E-state index contributed by atoms with van der Waals surface area (Å²) >= 11 is 0.715. The van der Waals surface area contributed by atoms with Crippen LogP contribution in [-0.2, 0) is 16.0 Å². The number of rotatable bonds is 9. The lowest BCUT2D eigenvalue weighted by Crippen LogP contribution is -2.37. The smallest absolute Gasteiger partial charge is 0.416 e. The number of carboxylic acid groups (broad SMARTS) is 1. The molecular formula is C25H25FN2O6S. The minimum absolute atomic E-state index is 0.0202. The van der Waals surface area contributed by atoms with Crippen LogP contribution < -0.4 is 10.1 Å². The highest BCUT2D eigenvalue weighted by Gasteiger charge is 2.27. The fraction of sp³-hybridized carbons (Fsp3) is 0.280. The number of Topliss-reactive ketones (excluding diaryl/α,β-unsaturated/α-hetero) is 1. The van der Waals surface area contributed by atoms with Crippen molar-refractivity contribution in [3.8, 4) is 5.75 Å². The van der Waals surface area contributed by atoms with E-state index in [2.05, 4.69) is 5.32 Å². The summed E-state index contributed by atoms with van der Waals surface area (Å²) in [5.74, 6) is -1.74. The lowest BCUT2D eigenvalue weighted by atomic mass is 10.0. The molecule has 1 aromatic heterocycles. The number of methoxy groups -OCH3 is 1. The Kier molecular flexibility index (Phi) is 8.29. The van der Waals surface area contributed by atoms with E-state index in [0.717, 1.165) is 21.6 Å². The Morgan fingerprint density at radius 3 is 2.51 bits per heavy atom. The van der Waals surface area contributed by atoms with Gasteiger partial charge in [-0.15, -0.1) is 0 Å². The van der Waals surface area contributed by atoms with E-state index in [1.165, 1.54) is 32.4 Å². The number of hydrogen-bond acceptors (Lipinski definition) is 6. The molecule has 8 nitrogen and oxygen atoms in total. The van der Waals surface area contributed by atoms with E-state index in [1.54, 1.807) is 25.1 Å². The third-order valence-corrected chi connectivity index (χ3v) is 6.34. The summed E-state index contributed by atoms with van der Waals surface area (Å²) in [6.45, 7) is 3.05. The number of ether oxygens (including phenoxy) is 1. The van der Waals surface area contributed by atoms with Crippen molar-refractivity contribution in [2.45, 2.75) is 38.0 Å². The number of benzene rings is 2. The molecule has 3 rings (SSSR count). The minimum Gasteiger partial charge on any atom is -0.494 e. The van der Waals surface area contributed by atoms with Gasteiger partial charge in [0.05, 0.1) is 17.9 Å². The molecule has 3 aromatic rings. The van der Waals surface area contributed by atoms with E-state index in [4.69, 9.17) is 4.74 Å². The first-order valence-corrected chi connectivity index (χ1v) is 11.6. The average Bonchev–Trinajstić information content (AvgIpc) is 3.16. The first kappa shape index (κ1) is 26.0. The van der Waals surface area contributed by atoms with Gasteiger partial charge in [0.1, 0.15) is 0 Å². The molecule has 0 bridgehead atoms. The molecule has 10 heteroatoms. The van der Waals surface area contributed by atoms with Gasteiger partial charge in [0, 0.05) is 36.5 Å². The number of aromatic nitrogens is 1. The third kappa shape index (κ3) is 6.27. The Bertz CT molecular complexity index is 1290. The fourth-order valence-electron chi connectivity index (χ4n) is 3.85. The van der Waals surface area contributed by atoms with Gasteiger partial charge in [-0.3, -0.25) is 19.0 Å². The molecule has 0 spiro atoms. The zero-order valence-electron chi connectivity index (χ0n) is 19.4. The molecule has 1 unspecified atom stereocenters. The van der Waals surface area contributed by atoms with Gasteiger partial charge in [0.15, 0.2) is 22.5 Å². The van der Waals surface area contributed by atoms with Gasteiger partial charge in [0.2, 0.25) is 5.91 Å². The highest BCUT2D eigenvalue weighted by atomic mass is 32.2. The van der Waals surface area contributed by atoms with Crippen LogP contribution in [0.5, 0.6) is 5.75 Å². The summed E-state index contributed by atoms with van der Waals surface area (Å²) < 4.78 is 20.1. The predicted octanol–water partition coefficient (Wildman–Crippen LogP) is 4.28. The number of hydrogen-bond donors (Lipinski definition) is 2. The van der Waals surface area contributed by atoms with Crippen LogP contribution in [0, 0.1) is 5.82 Å². The molecule has 0 saturated carbocycles. The summed E-state index contributed by atoms with van der Waals surface area (Å²) in [6, 6.07) is 10.4. The highest BCUT2D eigenvalue weighted by molar-refractivity contribution is 8.14. The first-order chi connectivity index (χ1) is 16.6. The van der Waals surface area contributed by atoms with Crippen molar-refractivity contribution in [3.05, 3.63) is 65.6 Å². The van der Waals surface area contributed by atoms with Gasteiger partial charge >= 0.3 is 6.09 Å². The van der Waals surface area contributed by atoms with Gasteiger partial charge in [-0.05, 0) is 43.2 Å². The lowest BCUT2D eigenvalue weighted by molar-refractivity contribution is -0.121. The Labute approximate surface area is 205 Å². The zero-order valence-corrected chi connectivity index (χ0v) is 20.2. The second-order valence-corrected chi connectivity index (χ2v) is 9.39. The largest absolute Gasteiger partial charge is 0.494 e. The lowest BCUT2D eigenvalue weighted by Gasteiger charge is -2.17. The number of amides is 1. The number of carbonyl (C=O) groups excluding carboxylic acids is 3. The van der Waals surface area contributed by atoms with Crippen molar-refractivity contribution < 1.29 is 33.4 Å². The van der Waals surface area contributed by atoms with Gasteiger partial charge in [-0.25, -0.2) is 9.18 Å². The number of fused-ring (bicyclic) bond motifs is 1. The number of halogens is 1. The van der Waals surface area contributed by atoms with Crippen LogP contribution in [0.4, 0.5) is 9.18 Å². The number of carbonyl (C=O) groups is 4. The third-order valence-electron chi connectivity index (χ3n) is 5.34. The topological polar surface area (TPSA) is 115 Å². The monoisotopic (exact) mass is 500 g/mol. The van der Waals surface area contributed by atoms with Crippen molar-refractivity contribution in [3.63, 3.8) is 0 Å². The van der Waals surface area contributed by atoms with Crippen LogP contribution in [0.15, 0.2) is 48.7 Å². The minimum atomic E-state index is -1.11. The number of thioether (sulfide) groups is 1. The molecule has 2 N–H and O–H groups in total. The molecular weight excluding hydrogens is 475 g/mol. The second kappa shape index (κ2) is 11.2. The summed E-state index contributed by atoms with van der Waals surface area (Å²) in [5.41, 5.74) is 1.32. The standard InChI is InChI=1S/C25H25FN2O6S/c1-14(10-17-13-28(25(32)33)20-7-5-4-6-18(17)20)27-23(30)12-22(35-15(2)29)24(31)16-8-9-21(34-3)19(26)11-16/h4-9,11,13-14,22H,10,12H2,1-3H3,(H,27,30)(H,32,33)/t14-,22?/m1/s1. The van der Waals surface area contributed by atoms with Crippen LogP contribution in [0.2, 0.25) is 0 Å². The van der Waals surface area contributed by atoms with Crippen molar-refractivity contribution in [1.82, 2.24) is 9.88 Å². The van der Waals surface area contributed by atoms with Crippen molar-refractivity contribution in [2.75, 3.05) is 7.11 Å². The second-order valence-electron chi connectivity index (χ2n) is 8.01. The molecule has 0 aliphatic rings. The molecule has 0 fully saturated rings. The van der Waals surface area contributed by atoms with Crippen LogP contribution in [0.3, 0.4) is 0 Å². The van der Waals surface area contributed by atoms with Crippen LogP contribution >= 0.6 is 11.8 Å². The first-order valence-electron chi connectivity index (χ1n) is 10.8. The van der Waals surface area contributed by atoms with Crippen LogP contribution in [0.25, 0.3) is 10.9 Å². The number of nitrogens with zero attached hydrogens (tertiary/aromatic N) is 1. The van der Waals surface area contributed by atoms with Crippen molar-refractivity contribution in [1.29, 1.82) is 0 Å². The molecule has 0 saturated heterocycles. The summed E-state index contributed by atoms with van der Waals surface area (Å²) in [4.78, 5) is 48.9. The number of nitrogens with one attached hydrogen (secondary N) is 1. The Morgan fingerprint density at radius 2 is 1.89 bits per heavy atom. The van der Waals surface area contributed by atoms with E-state index >= 15 is 0 Å². The SMILES string of the molecule is COc1ccc(C(=O)C(CC(=O)N[C@H](C)Cc2cn(C(=O)O)c3ccccc23)SC(C)=O)cc1F. The molecule has 1 heterocycles. The molecule has 1 amide bonds. The van der Waals surface area contributed by atoms with Crippen molar-refractivity contribution in [2.24, 2.45) is 0 Å². The maximum Gasteiger partial charge on any atom is 0.416 e. The fourth-order valence-corrected chi connectivity index (χ4v) is 4.73. The molecule has 0 aliphatic heterocycles. The number of ketones is 1. The molecule has 2 atom stereocenters. The predicted molar refractivity (Wildman–Crippen MR) is 131 cm³/mol. The van der Waals surface area contributed by atoms with Gasteiger partial charge in [-0.2, -0.15) is 0 Å². The Balaban J connectivity index is 1.71. The maximum absolute atomic E-state index is 14.1. The van der Waals surface area contributed by atoms with E-state index in [0.29, 0.717) is 23.7 Å². The molecule has 35 heavy (non-hydrogen) atoms. The van der Waals surface area contributed by atoms with E-state index in [1.807, 2.05) is 6.07 Å². The van der Waals surface area contributed by atoms with Crippen LogP contribution in [0.1, 0.15) is 36.2 Å². The Morgan fingerprint density at radius 1 is 1.17 bits per heavy atom. The zero-order chi connectivity index (χ0) is 25.7. The quantitative estimate of drug-likeness (QED) is 0.421. The number of para-hydroxylation sites is 1.